The van der Waals surface area contributed by atoms with E-state index >= 15 is 0 Å². The number of aryl methyl sites for hydroxylation is 2. The van der Waals surface area contributed by atoms with Crippen LogP contribution in [-0.4, -0.2) is 17.9 Å². The van der Waals surface area contributed by atoms with Gasteiger partial charge in [0.2, 0.25) is 0 Å². The summed E-state index contributed by atoms with van der Waals surface area (Å²) in [5, 5.41) is 13.4. The van der Waals surface area contributed by atoms with Crippen molar-refractivity contribution in [3.8, 4) is 5.75 Å². The second-order valence-corrected chi connectivity index (χ2v) is 3.32. The molecule has 3 heteroatoms. The molecule has 0 bridgehead atoms. The zero-order valence-electron chi connectivity index (χ0n) is 8.96. The van der Waals surface area contributed by atoms with Gasteiger partial charge in [-0.25, -0.2) is 0 Å². The lowest BCUT2D eigenvalue weighted by molar-refractivity contribution is 0.213. The zero-order valence-corrected chi connectivity index (χ0v) is 8.96. The van der Waals surface area contributed by atoms with Crippen LogP contribution < -0.4 is 0 Å². The first-order valence-corrected chi connectivity index (χ1v) is 4.44. The maximum Gasteiger partial charge on any atom is 0.121 e. The maximum absolute atomic E-state index is 9.57. The lowest BCUT2D eigenvalue weighted by Crippen LogP contribution is -1.97. The van der Waals surface area contributed by atoms with Crippen LogP contribution in [0.5, 0.6) is 5.75 Å². The van der Waals surface area contributed by atoms with Crippen molar-refractivity contribution < 1.29 is 9.94 Å². The van der Waals surface area contributed by atoms with Gasteiger partial charge in [-0.3, -0.25) is 0 Å². The minimum Gasteiger partial charge on any atom is -0.507 e. The summed E-state index contributed by atoms with van der Waals surface area (Å²) in [4.78, 5) is 4.69. The van der Waals surface area contributed by atoms with Gasteiger partial charge in [0.1, 0.15) is 12.9 Å². The molecule has 0 aliphatic rings. The number of hydrogen-bond acceptors (Lipinski definition) is 3. The minimum absolute atomic E-state index is 0.346. The van der Waals surface area contributed by atoms with Gasteiger partial charge in [0.05, 0.1) is 5.71 Å². The van der Waals surface area contributed by atoms with Crippen molar-refractivity contribution in [2.75, 3.05) is 7.11 Å². The molecule has 1 aromatic carbocycles. The molecule has 1 rings (SSSR count). The maximum atomic E-state index is 9.57. The molecular weight excluding hydrogens is 178 g/mol. The smallest absolute Gasteiger partial charge is 0.121 e. The average Bonchev–Trinajstić information content (AvgIpc) is 2.13. The Morgan fingerprint density at radius 1 is 1.29 bits per heavy atom. The summed E-state index contributed by atoms with van der Waals surface area (Å²) in [6.45, 7) is 5.60. The van der Waals surface area contributed by atoms with Gasteiger partial charge in [-0.05, 0) is 49.6 Å². The largest absolute Gasteiger partial charge is 0.507 e. The Balaban J connectivity index is 3.19. The van der Waals surface area contributed by atoms with E-state index in [1.54, 1.807) is 0 Å². The highest BCUT2D eigenvalue weighted by atomic mass is 16.6. The number of benzene rings is 1. The second kappa shape index (κ2) is 4.13. The summed E-state index contributed by atoms with van der Waals surface area (Å²) in [6, 6.07) is 3.78. The molecule has 0 aromatic heterocycles. The van der Waals surface area contributed by atoms with E-state index in [1.165, 1.54) is 7.11 Å². The lowest BCUT2D eigenvalue weighted by Gasteiger charge is -2.06. The number of rotatable bonds is 2. The summed E-state index contributed by atoms with van der Waals surface area (Å²) in [5.74, 6) is 0.346. The third kappa shape index (κ3) is 2.05. The van der Waals surface area contributed by atoms with Gasteiger partial charge >= 0.3 is 0 Å². The van der Waals surface area contributed by atoms with Crippen LogP contribution in [0.4, 0.5) is 0 Å². The number of hydrogen-bond donors (Lipinski definition) is 1. The molecule has 3 nitrogen and oxygen atoms in total. The van der Waals surface area contributed by atoms with Crippen LogP contribution in [0.2, 0.25) is 0 Å². The fraction of sp³-hybridized carbons (Fsp3) is 0.364. The molecule has 1 aromatic rings. The molecule has 76 valence electrons. The minimum atomic E-state index is 0.346. The van der Waals surface area contributed by atoms with Gasteiger partial charge < -0.3 is 9.94 Å². The van der Waals surface area contributed by atoms with E-state index in [-0.39, 0.29) is 0 Å². The second-order valence-electron chi connectivity index (χ2n) is 3.32. The van der Waals surface area contributed by atoms with Crippen molar-refractivity contribution >= 4 is 5.71 Å². The Labute approximate surface area is 84.0 Å². The molecule has 0 spiro atoms. The van der Waals surface area contributed by atoms with E-state index in [1.807, 2.05) is 32.9 Å². The van der Waals surface area contributed by atoms with Gasteiger partial charge in [-0.2, -0.15) is 0 Å². The fourth-order valence-electron chi connectivity index (χ4n) is 1.35. The first-order valence-electron chi connectivity index (χ1n) is 4.44. The number of phenols is 1. The Bertz CT molecular complexity index is 347. The summed E-state index contributed by atoms with van der Waals surface area (Å²) in [5.41, 5.74) is 3.48. The van der Waals surface area contributed by atoms with Crippen molar-refractivity contribution in [2.24, 2.45) is 5.16 Å². The molecule has 0 saturated heterocycles. The van der Waals surface area contributed by atoms with Crippen molar-refractivity contribution in [2.45, 2.75) is 20.8 Å². The molecule has 0 amide bonds. The van der Waals surface area contributed by atoms with Gasteiger partial charge in [0.15, 0.2) is 0 Å². The third-order valence-electron chi connectivity index (χ3n) is 2.14. The normalized spacial score (nSPS) is 11.6. The summed E-state index contributed by atoms with van der Waals surface area (Å²) >= 11 is 0. The molecule has 0 radical (unpaired) electrons. The van der Waals surface area contributed by atoms with Crippen molar-refractivity contribution in [3.63, 3.8) is 0 Å². The quantitative estimate of drug-likeness (QED) is 0.578. The van der Waals surface area contributed by atoms with Crippen molar-refractivity contribution in [3.05, 3.63) is 28.8 Å². The predicted octanol–water partition coefficient (Wildman–Crippen LogP) is 2.38. The number of phenolic OH excluding ortho intramolecular Hbond substituents is 1. The zero-order chi connectivity index (χ0) is 10.7. The summed E-state index contributed by atoms with van der Waals surface area (Å²) in [7, 11) is 1.52. The molecule has 0 fully saturated rings. The highest BCUT2D eigenvalue weighted by Crippen LogP contribution is 2.23. The third-order valence-corrected chi connectivity index (χ3v) is 2.14. The van der Waals surface area contributed by atoms with E-state index < -0.39 is 0 Å². The highest BCUT2D eigenvalue weighted by Gasteiger charge is 2.05. The topological polar surface area (TPSA) is 41.8 Å². The van der Waals surface area contributed by atoms with Crippen molar-refractivity contribution in [1.29, 1.82) is 0 Å². The Kier molecular flexibility index (Phi) is 3.12. The van der Waals surface area contributed by atoms with Crippen LogP contribution >= 0.6 is 0 Å². The monoisotopic (exact) mass is 193 g/mol. The van der Waals surface area contributed by atoms with E-state index in [4.69, 9.17) is 4.84 Å². The van der Waals surface area contributed by atoms with Gasteiger partial charge in [-0.15, -0.1) is 0 Å². The molecular formula is C11H15NO2. The summed E-state index contributed by atoms with van der Waals surface area (Å²) in [6.07, 6.45) is 0. The molecule has 0 saturated carbocycles. The lowest BCUT2D eigenvalue weighted by atomic mass is 10.0. The van der Waals surface area contributed by atoms with E-state index in [2.05, 4.69) is 5.16 Å². The van der Waals surface area contributed by atoms with Crippen LogP contribution in [0.3, 0.4) is 0 Å². The van der Waals surface area contributed by atoms with Crippen LogP contribution in [-0.2, 0) is 4.84 Å². The molecule has 0 aliphatic heterocycles. The first kappa shape index (κ1) is 10.6. The molecule has 0 atom stereocenters. The standard InChI is InChI=1S/C11H15NO2/c1-7-5-10(9(3)12-14-4)6-8(2)11(7)13/h5-6,13H,1-4H3. The van der Waals surface area contributed by atoms with E-state index in [0.29, 0.717) is 5.75 Å². The highest BCUT2D eigenvalue weighted by molar-refractivity contribution is 5.98. The fourth-order valence-corrected chi connectivity index (χ4v) is 1.35. The predicted molar refractivity (Wildman–Crippen MR) is 56.8 cm³/mol. The molecule has 1 N–H and O–H groups in total. The summed E-state index contributed by atoms with van der Waals surface area (Å²) < 4.78 is 0. The van der Waals surface area contributed by atoms with E-state index in [9.17, 15) is 5.11 Å². The van der Waals surface area contributed by atoms with E-state index in [0.717, 1.165) is 22.4 Å². The van der Waals surface area contributed by atoms with Gasteiger partial charge in [0.25, 0.3) is 0 Å². The molecule has 14 heavy (non-hydrogen) atoms. The van der Waals surface area contributed by atoms with Gasteiger partial charge in [0, 0.05) is 0 Å². The van der Waals surface area contributed by atoms with Crippen LogP contribution in [0.15, 0.2) is 17.3 Å². The molecule has 0 aliphatic carbocycles. The molecule has 0 unspecified atom stereocenters. The molecule has 0 heterocycles. The Hall–Kier alpha value is -1.51. The van der Waals surface area contributed by atoms with Crippen LogP contribution in [0, 0.1) is 13.8 Å². The van der Waals surface area contributed by atoms with Crippen molar-refractivity contribution in [1.82, 2.24) is 0 Å². The van der Waals surface area contributed by atoms with Gasteiger partial charge in [-0.1, -0.05) is 5.16 Å². The number of nitrogens with zero attached hydrogens (tertiary/aromatic N) is 1. The van der Waals surface area contributed by atoms with Crippen LogP contribution in [0.25, 0.3) is 0 Å². The first-order chi connectivity index (χ1) is 6.56. The van der Waals surface area contributed by atoms with Crippen LogP contribution in [0.1, 0.15) is 23.6 Å². The Morgan fingerprint density at radius 3 is 2.21 bits per heavy atom. The number of aromatic hydroxyl groups is 1. The average molecular weight is 193 g/mol. The SMILES string of the molecule is CON=C(C)c1cc(C)c(O)c(C)c1. The number of oxime groups is 1. The Morgan fingerprint density at radius 2 is 1.79 bits per heavy atom.